The zero-order valence-electron chi connectivity index (χ0n) is 13.3. The smallest absolute Gasteiger partial charge is 0.362 e. The number of hydrogen-bond donors (Lipinski definition) is 1. The molecule has 0 radical (unpaired) electrons. The SMILES string of the molecule is CC(C)c1ccc([C@@H]2C[C@H](C(F)(F)F)n3ncc(C#N)c3N2)cc1. The molecule has 0 saturated carbocycles. The third-order valence-electron chi connectivity index (χ3n) is 4.36. The van der Waals surface area contributed by atoms with Gasteiger partial charge in [0.15, 0.2) is 6.04 Å². The molecule has 24 heavy (non-hydrogen) atoms. The van der Waals surface area contributed by atoms with Crippen LogP contribution in [0.15, 0.2) is 30.5 Å². The molecular weight excluding hydrogens is 317 g/mol. The van der Waals surface area contributed by atoms with Gasteiger partial charge in [0.2, 0.25) is 0 Å². The van der Waals surface area contributed by atoms with Gasteiger partial charge in [0.05, 0.1) is 12.2 Å². The van der Waals surface area contributed by atoms with Gasteiger partial charge in [0, 0.05) is 6.42 Å². The summed E-state index contributed by atoms with van der Waals surface area (Å²) in [6, 6.07) is 7.18. The number of anilines is 1. The Labute approximate surface area is 137 Å². The number of fused-ring (bicyclic) bond motifs is 1. The standard InChI is InChI=1S/C17H17F3N4/c1-10(2)11-3-5-12(6-4-11)14-7-15(17(18,19)20)24-16(23-14)13(8-21)9-22-24/h3-6,9-10,14-15,23H,7H2,1-2H3/t14-,15+/m0/s1. The highest BCUT2D eigenvalue weighted by atomic mass is 19.4. The predicted octanol–water partition coefficient (Wildman–Crippen LogP) is 4.54. The number of nitriles is 1. The summed E-state index contributed by atoms with van der Waals surface area (Å²) < 4.78 is 41.1. The maximum Gasteiger partial charge on any atom is 0.410 e. The van der Waals surface area contributed by atoms with Crippen molar-refractivity contribution < 1.29 is 13.2 Å². The lowest BCUT2D eigenvalue weighted by molar-refractivity contribution is -0.173. The van der Waals surface area contributed by atoms with E-state index in [1.807, 2.05) is 30.3 Å². The summed E-state index contributed by atoms with van der Waals surface area (Å²) >= 11 is 0. The first-order valence-electron chi connectivity index (χ1n) is 7.72. The number of nitrogens with one attached hydrogen (secondary N) is 1. The molecule has 7 heteroatoms. The first-order valence-corrected chi connectivity index (χ1v) is 7.72. The Balaban J connectivity index is 1.98. The average molecular weight is 334 g/mol. The molecule has 126 valence electrons. The molecule has 1 aromatic carbocycles. The van der Waals surface area contributed by atoms with Crippen LogP contribution in [0.1, 0.15) is 55.0 Å². The fraction of sp³-hybridized carbons (Fsp3) is 0.412. The first kappa shape index (κ1) is 16.4. The number of aromatic nitrogens is 2. The van der Waals surface area contributed by atoms with E-state index < -0.39 is 18.3 Å². The van der Waals surface area contributed by atoms with Crippen molar-refractivity contribution >= 4 is 5.82 Å². The molecule has 0 saturated heterocycles. The summed E-state index contributed by atoms with van der Waals surface area (Å²) in [5, 5.41) is 15.9. The predicted molar refractivity (Wildman–Crippen MR) is 83.5 cm³/mol. The van der Waals surface area contributed by atoms with Crippen molar-refractivity contribution in [3.63, 3.8) is 0 Å². The molecular formula is C17H17F3N4. The van der Waals surface area contributed by atoms with Gasteiger partial charge < -0.3 is 5.32 Å². The molecule has 3 rings (SSSR count). The second kappa shape index (κ2) is 5.86. The van der Waals surface area contributed by atoms with Crippen molar-refractivity contribution in [3.05, 3.63) is 47.2 Å². The lowest BCUT2D eigenvalue weighted by atomic mass is 9.94. The van der Waals surface area contributed by atoms with E-state index in [0.717, 1.165) is 15.8 Å². The highest BCUT2D eigenvalue weighted by Gasteiger charge is 2.46. The second-order valence-corrected chi connectivity index (χ2v) is 6.27. The van der Waals surface area contributed by atoms with E-state index in [0.29, 0.717) is 5.92 Å². The fourth-order valence-corrected chi connectivity index (χ4v) is 2.98. The van der Waals surface area contributed by atoms with E-state index in [4.69, 9.17) is 5.26 Å². The van der Waals surface area contributed by atoms with Crippen LogP contribution in [0.25, 0.3) is 0 Å². The average Bonchev–Trinajstić information content (AvgIpc) is 2.96. The van der Waals surface area contributed by atoms with E-state index in [2.05, 4.69) is 24.3 Å². The number of halogens is 3. The molecule has 1 aromatic heterocycles. The first-order chi connectivity index (χ1) is 11.3. The molecule has 0 amide bonds. The number of benzene rings is 1. The molecule has 0 fully saturated rings. The topological polar surface area (TPSA) is 53.6 Å². The van der Waals surface area contributed by atoms with Crippen LogP contribution in [-0.4, -0.2) is 16.0 Å². The molecule has 0 spiro atoms. The molecule has 0 bridgehead atoms. The molecule has 1 aliphatic heterocycles. The summed E-state index contributed by atoms with van der Waals surface area (Å²) in [5.74, 6) is 0.483. The summed E-state index contributed by atoms with van der Waals surface area (Å²) in [6.07, 6.45) is -3.42. The van der Waals surface area contributed by atoms with Crippen LogP contribution in [0.5, 0.6) is 0 Å². The second-order valence-electron chi connectivity index (χ2n) is 6.27. The van der Waals surface area contributed by atoms with Gasteiger partial charge in [-0.2, -0.15) is 23.5 Å². The quantitative estimate of drug-likeness (QED) is 0.877. The van der Waals surface area contributed by atoms with Gasteiger partial charge in [-0.05, 0) is 17.0 Å². The van der Waals surface area contributed by atoms with Gasteiger partial charge in [-0.1, -0.05) is 38.1 Å². The van der Waals surface area contributed by atoms with E-state index in [-0.39, 0.29) is 17.8 Å². The highest BCUT2D eigenvalue weighted by Crippen LogP contribution is 2.44. The van der Waals surface area contributed by atoms with E-state index in [1.54, 1.807) is 0 Å². The molecule has 0 aliphatic carbocycles. The van der Waals surface area contributed by atoms with Gasteiger partial charge in [-0.25, -0.2) is 4.68 Å². The maximum absolute atomic E-state index is 13.4. The van der Waals surface area contributed by atoms with Gasteiger partial charge in [0.25, 0.3) is 0 Å². The monoisotopic (exact) mass is 334 g/mol. The Bertz CT molecular complexity index is 769. The van der Waals surface area contributed by atoms with Crippen molar-refractivity contribution in [2.75, 3.05) is 5.32 Å². The molecule has 0 unspecified atom stereocenters. The minimum Gasteiger partial charge on any atom is -0.362 e. The Morgan fingerprint density at radius 3 is 2.50 bits per heavy atom. The molecule has 2 heterocycles. The normalized spacial score (nSPS) is 20.4. The van der Waals surface area contributed by atoms with E-state index in [1.165, 1.54) is 6.20 Å². The van der Waals surface area contributed by atoms with Gasteiger partial charge in [-0.15, -0.1) is 0 Å². The van der Waals surface area contributed by atoms with E-state index >= 15 is 0 Å². The third kappa shape index (κ3) is 2.84. The minimum absolute atomic E-state index is 0.118. The minimum atomic E-state index is -4.42. The zero-order chi connectivity index (χ0) is 17.5. The van der Waals surface area contributed by atoms with Crippen LogP contribution >= 0.6 is 0 Å². The summed E-state index contributed by atoms with van der Waals surface area (Å²) in [4.78, 5) is 0. The van der Waals surface area contributed by atoms with Crippen LogP contribution in [0.2, 0.25) is 0 Å². The highest BCUT2D eigenvalue weighted by molar-refractivity contribution is 5.54. The van der Waals surface area contributed by atoms with Crippen LogP contribution < -0.4 is 5.32 Å². The van der Waals surface area contributed by atoms with Crippen LogP contribution in [0.3, 0.4) is 0 Å². The summed E-state index contributed by atoms with van der Waals surface area (Å²) in [6.45, 7) is 4.12. The van der Waals surface area contributed by atoms with Crippen molar-refractivity contribution in [2.24, 2.45) is 0 Å². The lowest BCUT2D eigenvalue weighted by Gasteiger charge is -2.33. The Morgan fingerprint density at radius 1 is 1.29 bits per heavy atom. The van der Waals surface area contributed by atoms with Crippen LogP contribution in [0, 0.1) is 11.3 Å². The maximum atomic E-state index is 13.4. The number of alkyl halides is 3. The Morgan fingerprint density at radius 2 is 1.96 bits per heavy atom. The number of rotatable bonds is 2. The summed E-state index contributed by atoms with van der Waals surface area (Å²) in [5.41, 5.74) is 2.02. The van der Waals surface area contributed by atoms with Crippen LogP contribution in [0.4, 0.5) is 19.0 Å². The van der Waals surface area contributed by atoms with Crippen molar-refractivity contribution in [2.45, 2.75) is 44.4 Å². The Hall–Kier alpha value is -2.49. The zero-order valence-corrected chi connectivity index (χ0v) is 13.3. The van der Waals surface area contributed by atoms with E-state index in [9.17, 15) is 13.2 Å². The van der Waals surface area contributed by atoms with Gasteiger partial charge in [-0.3, -0.25) is 0 Å². The van der Waals surface area contributed by atoms with Crippen LogP contribution in [-0.2, 0) is 0 Å². The molecule has 4 nitrogen and oxygen atoms in total. The van der Waals surface area contributed by atoms with Crippen molar-refractivity contribution in [1.29, 1.82) is 5.26 Å². The molecule has 2 aromatic rings. The third-order valence-corrected chi connectivity index (χ3v) is 4.36. The van der Waals surface area contributed by atoms with Gasteiger partial charge >= 0.3 is 6.18 Å². The molecule has 1 aliphatic rings. The fourth-order valence-electron chi connectivity index (χ4n) is 2.98. The Kier molecular flexibility index (Phi) is 3.99. The molecule has 1 N–H and O–H groups in total. The number of hydrogen-bond acceptors (Lipinski definition) is 3. The summed E-state index contributed by atoms with van der Waals surface area (Å²) in [7, 11) is 0. The van der Waals surface area contributed by atoms with Gasteiger partial charge in [0.1, 0.15) is 17.5 Å². The van der Waals surface area contributed by atoms with Crippen molar-refractivity contribution in [3.8, 4) is 6.07 Å². The lowest BCUT2D eigenvalue weighted by Crippen LogP contribution is -2.35. The number of nitrogens with zero attached hydrogens (tertiary/aromatic N) is 3. The largest absolute Gasteiger partial charge is 0.410 e. The van der Waals surface area contributed by atoms with Crippen molar-refractivity contribution in [1.82, 2.24) is 9.78 Å². The molecule has 2 atom stereocenters.